The second-order valence-corrected chi connectivity index (χ2v) is 6.38. The van der Waals surface area contributed by atoms with E-state index in [1.54, 1.807) is 33.1 Å². The molecule has 0 saturated heterocycles. The first-order valence-corrected chi connectivity index (χ1v) is 9.26. The lowest BCUT2D eigenvalue weighted by molar-refractivity contribution is -0.138. The van der Waals surface area contributed by atoms with Crippen LogP contribution in [0.2, 0.25) is 0 Å². The van der Waals surface area contributed by atoms with E-state index in [0.29, 0.717) is 40.8 Å². The van der Waals surface area contributed by atoms with Gasteiger partial charge < -0.3 is 25.3 Å². The first-order chi connectivity index (χ1) is 13.9. The summed E-state index contributed by atoms with van der Waals surface area (Å²) >= 11 is 0. The van der Waals surface area contributed by atoms with Crippen LogP contribution in [0.3, 0.4) is 0 Å². The van der Waals surface area contributed by atoms with Gasteiger partial charge in [-0.25, -0.2) is 9.59 Å². The molecule has 29 heavy (non-hydrogen) atoms. The topological polar surface area (TPSA) is 129 Å². The van der Waals surface area contributed by atoms with Crippen molar-refractivity contribution in [1.82, 2.24) is 9.97 Å². The minimum Gasteiger partial charge on any atom is -0.493 e. The van der Waals surface area contributed by atoms with Crippen LogP contribution in [0.25, 0.3) is 0 Å². The van der Waals surface area contributed by atoms with E-state index in [-0.39, 0.29) is 12.4 Å². The first kappa shape index (κ1) is 20.2. The number of anilines is 2. The Morgan fingerprint density at radius 3 is 2.66 bits per heavy atom. The Morgan fingerprint density at radius 2 is 2.00 bits per heavy atom. The van der Waals surface area contributed by atoms with E-state index < -0.39 is 17.6 Å². The van der Waals surface area contributed by atoms with Gasteiger partial charge in [-0.15, -0.1) is 0 Å². The SMILES string of the molecule is CCOC(=O)C1=C(C)Nc2nc(=O)[nH]c(N)c2C1c1ccc(OCC)c(OC)c1. The normalized spacial score (nSPS) is 15.4. The number of carbonyl (C=O) groups is 1. The highest BCUT2D eigenvalue weighted by Gasteiger charge is 2.36. The number of esters is 1. The van der Waals surface area contributed by atoms with Crippen LogP contribution in [0.15, 0.2) is 34.3 Å². The number of aromatic amines is 1. The number of rotatable bonds is 6. The van der Waals surface area contributed by atoms with E-state index in [1.807, 2.05) is 13.0 Å². The number of H-pyrrole nitrogens is 1. The summed E-state index contributed by atoms with van der Waals surface area (Å²) in [6, 6.07) is 5.37. The van der Waals surface area contributed by atoms with E-state index in [4.69, 9.17) is 19.9 Å². The average Bonchev–Trinajstić information content (AvgIpc) is 2.67. The predicted octanol–water partition coefficient (Wildman–Crippen LogP) is 2.15. The van der Waals surface area contributed by atoms with Gasteiger partial charge in [0.25, 0.3) is 0 Å². The van der Waals surface area contributed by atoms with Crippen LogP contribution >= 0.6 is 0 Å². The van der Waals surface area contributed by atoms with Crippen molar-refractivity contribution in [2.75, 3.05) is 31.4 Å². The van der Waals surface area contributed by atoms with Crippen molar-refractivity contribution in [3.63, 3.8) is 0 Å². The first-order valence-electron chi connectivity index (χ1n) is 9.26. The van der Waals surface area contributed by atoms with E-state index in [9.17, 15) is 9.59 Å². The van der Waals surface area contributed by atoms with Gasteiger partial charge in [0.15, 0.2) is 11.5 Å². The number of nitrogen functional groups attached to an aromatic ring is 1. The zero-order valence-electron chi connectivity index (χ0n) is 16.8. The summed E-state index contributed by atoms with van der Waals surface area (Å²) in [5.41, 5.74) is 7.68. The van der Waals surface area contributed by atoms with E-state index in [1.165, 1.54) is 0 Å². The Kier molecular flexibility index (Phi) is 5.76. The van der Waals surface area contributed by atoms with Gasteiger partial charge in [0.05, 0.1) is 31.8 Å². The van der Waals surface area contributed by atoms with E-state index >= 15 is 0 Å². The van der Waals surface area contributed by atoms with Gasteiger partial charge in [-0.05, 0) is 38.5 Å². The molecule has 4 N–H and O–H groups in total. The molecule has 1 aliphatic heterocycles. The largest absolute Gasteiger partial charge is 0.493 e. The molecule has 2 aromatic rings. The number of nitrogens with one attached hydrogen (secondary N) is 2. The Hall–Kier alpha value is -3.49. The Morgan fingerprint density at radius 1 is 1.24 bits per heavy atom. The molecule has 1 unspecified atom stereocenters. The van der Waals surface area contributed by atoms with Crippen LogP contribution in [0.5, 0.6) is 11.5 Å². The summed E-state index contributed by atoms with van der Waals surface area (Å²) < 4.78 is 16.3. The van der Waals surface area contributed by atoms with Crippen LogP contribution in [-0.2, 0) is 9.53 Å². The van der Waals surface area contributed by atoms with Crippen LogP contribution in [-0.4, -0.2) is 36.3 Å². The van der Waals surface area contributed by atoms with Gasteiger partial charge >= 0.3 is 11.7 Å². The highest BCUT2D eigenvalue weighted by atomic mass is 16.5. The van der Waals surface area contributed by atoms with Gasteiger partial charge in [0.2, 0.25) is 0 Å². The van der Waals surface area contributed by atoms with Gasteiger partial charge in [0.1, 0.15) is 11.6 Å². The number of hydrogen-bond donors (Lipinski definition) is 3. The quantitative estimate of drug-likeness (QED) is 0.629. The van der Waals surface area contributed by atoms with Gasteiger partial charge in [-0.1, -0.05) is 6.07 Å². The maximum atomic E-state index is 12.8. The molecule has 0 radical (unpaired) electrons. The van der Waals surface area contributed by atoms with Crippen LogP contribution in [0, 0.1) is 0 Å². The molecule has 0 amide bonds. The fraction of sp³-hybridized carbons (Fsp3) is 0.350. The third-order valence-corrected chi connectivity index (χ3v) is 4.60. The van der Waals surface area contributed by atoms with Crippen LogP contribution in [0.4, 0.5) is 11.6 Å². The predicted molar refractivity (Wildman–Crippen MR) is 108 cm³/mol. The number of methoxy groups -OCH3 is 1. The van der Waals surface area contributed by atoms with Gasteiger partial charge in [-0.2, -0.15) is 4.98 Å². The third kappa shape index (κ3) is 3.75. The average molecular weight is 400 g/mol. The van der Waals surface area contributed by atoms with Crippen molar-refractivity contribution in [2.24, 2.45) is 0 Å². The van der Waals surface area contributed by atoms with E-state index in [0.717, 1.165) is 5.56 Å². The molecule has 0 fully saturated rings. The number of aromatic nitrogens is 2. The zero-order chi connectivity index (χ0) is 21.1. The van der Waals surface area contributed by atoms with Crippen molar-refractivity contribution in [3.8, 4) is 11.5 Å². The minimum atomic E-state index is -0.612. The molecule has 1 aromatic carbocycles. The number of benzene rings is 1. The third-order valence-electron chi connectivity index (χ3n) is 4.60. The van der Waals surface area contributed by atoms with E-state index in [2.05, 4.69) is 15.3 Å². The minimum absolute atomic E-state index is 0.125. The summed E-state index contributed by atoms with van der Waals surface area (Å²) in [5.74, 6) is 0.431. The highest BCUT2D eigenvalue weighted by molar-refractivity contribution is 5.95. The van der Waals surface area contributed by atoms with Crippen molar-refractivity contribution in [1.29, 1.82) is 0 Å². The van der Waals surface area contributed by atoms with Crippen molar-refractivity contribution in [2.45, 2.75) is 26.7 Å². The number of allylic oxidation sites excluding steroid dienone is 1. The molecular weight excluding hydrogens is 376 g/mol. The summed E-state index contributed by atoms with van der Waals surface area (Å²) in [6.45, 7) is 6.05. The molecule has 0 saturated carbocycles. The molecule has 9 heteroatoms. The van der Waals surface area contributed by atoms with Crippen molar-refractivity contribution < 1.29 is 19.0 Å². The summed E-state index contributed by atoms with van der Waals surface area (Å²) in [4.78, 5) is 31.1. The summed E-state index contributed by atoms with van der Waals surface area (Å²) in [5, 5.41) is 3.00. The molecule has 1 aromatic heterocycles. The van der Waals surface area contributed by atoms with Crippen molar-refractivity contribution >= 4 is 17.6 Å². The fourth-order valence-corrected chi connectivity index (χ4v) is 3.44. The number of nitrogens with two attached hydrogens (primary N) is 1. The molecule has 0 spiro atoms. The number of nitrogens with zero attached hydrogens (tertiary/aromatic N) is 1. The molecular formula is C20H24N4O5. The summed E-state index contributed by atoms with van der Waals surface area (Å²) in [7, 11) is 1.54. The Balaban J connectivity index is 2.25. The highest BCUT2D eigenvalue weighted by Crippen LogP contribution is 2.44. The molecule has 3 rings (SSSR count). The molecule has 154 valence electrons. The Labute approximate surface area is 167 Å². The lowest BCUT2D eigenvalue weighted by atomic mass is 9.81. The monoisotopic (exact) mass is 400 g/mol. The molecule has 9 nitrogen and oxygen atoms in total. The standard InChI is InChI=1S/C20H24N4O5/c1-5-28-12-8-7-11(9-13(12)27-4)15-14(19(25)29-6-2)10(3)22-18-16(15)17(21)23-20(26)24-18/h7-9,15H,5-6H2,1-4H3,(H4,21,22,23,24,26). The van der Waals surface area contributed by atoms with Crippen molar-refractivity contribution in [3.05, 3.63) is 51.1 Å². The zero-order valence-corrected chi connectivity index (χ0v) is 16.8. The second-order valence-electron chi connectivity index (χ2n) is 6.38. The molecule has 0 aliphatic carbocycles. The molecule has 1 aliphatic rings. The molecule has 1 atom stereocenters. The number of hydrogen-bond acceptors (Lipinski definition) is 8. The summed E-state index contributed by atoms with van der Waals surface area (Å²) in [6.07, 6.45) is 0. The van der Waals surface area contributed by atoms with Gasteiger partial charge in [-0.3, -0.25) is 4.98 Å². The maximum Gasteiger partial charge on any atom is 0.348 e. The van der Waals surface area contributed by atoms with Crippen LogP contribution < -0.4 is 26.2 Å². The number of fused-ring (bicyclic) bond motifs is 1. The smallest absolute Gasteiger partial charge is 0.348 e. The maximum absolute atomic E-state index is 12.8. The fourth-order valence-electron chi connectivity index (χ4n) is 3.44. The van der Waals surface area contributed by atoms with Crippen LogP contribution in [0.1, 0.15) is 37.8 Å². The van der Waals surface area contributed by atoms with Gasteiger partial charge in [0, 0.05) is 11.3 Å². The number of ether oxygens (including phenoxy) is 3. The second kappa shape index (κ2) is 8.26. The lowest BCUT2D eigenvalue weighted by Crippen LogP contribution is -2.29. The number of carbonyl (C=O) groups excluding carboxylic acids is 1. The Bertz CT molecular complexity index is 1030. The molecule has 2 heterocycles. The lowest BCUT2D eigenvalue weighted by Gasteiger charge is -2.30. The molecule has 0 bridgehead atoms.